The zero-order valence-corrected chi connectivity index (χ0v) is 11.1. The Kier molecular flexibility index (Phi) is 9.07. The van der Waals surface area contributed by atoms with Gasteiger partial charge in [0, 0.05) is 43.8 Å². The van der Waals surface area contributed by atoms with Gasteiger partial charge in [0.2, 0.25) is 0 Å². The monoisotopic (exact) mass is 449 g/mol. The van der Waals surface area contributed by atoms with E-state index >= 15 is 0 Å². The molecule has 88 valence electrons. The average molecular weight is 449 g/mol. The molecule has 0 amide bonds. The largest absolute Gasteiger partial charge is 0.401 e. The van der Waals surface area contributed by atoms with Crippen molar-refractivity contribution in [1.29, 1.82) is 0 Å². The molecule has 0 aromatic rings. The Hall–Kier alpha value is 1.00. The first-order chi connectivity index (χ1) is 6.19. The van der Waals surface area contributed by atoms with Gasteiger partial charge in [-0.25, -0.2) is 0 Å². The summed E-state index contributed by atoms with van der Waals surface area (Å²) < 4.78 is 69.9. The van der Waals surface area contributed by atoms with E-state index in [1.54, 1.807) is 0 Å². The highest BCUT2D eigenvalue weighted by atomic mass is 128. The lowest BCUT2D eigenvalue weighted by atomic mass is 10.1. The molecule has 0 radical (unpaired) electrons. The predicted octanol–water partition coefficient (Wildman–Crippen LogP) is 3.72. The molecule has 0 bridgehead atoms. The van der Waals surface area contributed by atoms with Crippen LogP contribution >= 0.6 is 37.2 Å². The van der Waals surface area contributed by atoms with Crippen LogP contribution in [0.4, 0.5) is 26.3 Å². The van der Waals surface area contributed by atoms with Crippen molar-refractivity contribution in [2.24, 2.45) is 5.92 Å². The van der Waals surface area contributed by atoms with Gasteiger partial charge in [0.15, 0.2) is 5.92 Å². The molecule has 9 heteroatoms. The normalized spacial score (nSPS) is 12.4. The first-order valence-electron chi connectivity index (χ1n) is 3.12. The minimum absolute atomic E-state index is 1.03. The van der Waals surface area contributed by atoms with E-state index in [-0.39, 0.29) is 0 Å². The molecule has 1 nitrogen and oxygen atoms in total. The van der Waals surface area contributed by atoms with E-state index in [9.17, 15) is 26.3 Å². The van der Waals surface area contributed by atoms with Crippen molar-refractivity contribution in [3.8, 4) is 0 Å². The zero-order chi connectivity index (χ0) is 12.0. The molecule has 0 atom stereocenters. The summed E-state index contributed by atoms with van der Waals surface area (Å²) in [6.07, 6.45) is -10.5. The third kappa shape index (κ3) is 7.31. The van der Waals surface area contributed by atoms with Crippen molar-refractivity contribution in [2.45, 2.75) is 12.4 Å². The summed E-state index contributed by atoms with van der Waals surface area (Å²) in [6, 6.07) is 0. The Morgan fingerprint density at radius 1 is 1.00 bits per heavy atom. The summed E-state index contributed by atoms with van der Waals surface area (Å²) in [6.45, 7) is -1.15. The fourth-order valence-electron chi connectivity index (χ4n) is 0.621. The zero-order valence-electron chi connectivity index (χ0n) is 6.81. The molecule has 0 spiro atoms. The van der Waals surface area contributed by atoms with Gasteiger partial charge in [0.1, 0.15) is 0 Å². The summed E-state index contributed by atoms with van der Waals surface area (Å²) in [7, 11) is 1.03. The van der Waals surface area contributed by atoms with E-state index in [1.165, 1.54) is 0 Å². The van der Waals surface area contributed by atoms with Crippen molar-refractivity contribution in [3.05, 3.63) is 0 Å². The van der Waals surface area contributed by atoms with Gasteiger partial charge < -0.3 is 5.32 Å². The second-order valence-electron chi connectivity index (χ2n) is 2.19. The van der Waals surface area contributed by atoms with Crippen LogP contribution in [-0.4, -0.2) is 25.9 Å². The maximum absolute atomic E-state index is 11.6. The number of hydrogen-bond acceptors (Lipinski definition) is 1. The Bertz CT molecular complexity index is 130. The third-order valence-corrected chi connectivity index (χ3v) is 1.20. The van der Waals surface area contributed by atoms with Gasteiger partial charge in [0.25, 0.3) is 0 Å². The summed E-state index contributed by atoms with van der Waals surface area (Å²) in [4.78, 5) is 0. The lowest BCUT2D eigenvalue weighted by Gasteiger charge is -2.22. The summed E-state index contributed by atoms with van der Waals surface area (Å²) in [5.74, 6) is -3.28. The van der Waals surface area contributed by atoms with Crippen LogP contribution in [0.2, 0.25) is 0 Å². The molecule has 14 heavy (non-hydrogen) atoms. The van der Waals surface area contributed by atoms with Crippen LogP contribution in [0.3, 0.4) is 0 Å². The van der Waals surface area contributed by atoms with Crippen molar-refractivity contribution >= 4 is 37.2 Å². The molecule has 0 fully saturated rings. The molecule has 0 aliphatic carbocycles. The fourth-order valence-corrected chi connectivity index (χ4v) is 0.621. The van der Waals surface area contributed by atoms with E-state index in [2.05, 4.69) is 37.2 Å². The van der Waals surface area contributed by atoms with Crippen LogP contribution in [0.15, 0.2) is 0 Å². The van der Waals surface area contributed by atoms with Gasteiger partial charge in [-0.3, -0.25) is 0 Å². The smallest absolute Gasteiger partial charge is 0.319 e. The van der Waals surface area contributed by atoms with Crippen LogP contribution in [0.1, 0.15) is 0 Å². The van der Waals surface area contributed by atoms with Crippen LogP contribution < -0.4 is 5.32 Å². The molecule has 0 saturated heterocycles. The Morgan fingerprint density at radius 3 is 1.36 bits per heavy atom. The molecule has 0 unspecified atom stereocenters. The van der Waals surface area contributed by atoms with Gasteiger partial charge in [-0.1, -0.05) is 0 Å². The van der Waals surface area contributed by atoms with Gasteiger partial charge in [-0.15, -0.1) is 0 Å². The van der Waals surface area contributed by atoms with Crippen molar-refractivity contribution in [2.75, 3.05) is 13.6 Å². The first kappa shape index (κ1) is 17.4. The number of nitrogens with one attached hydrogen (secondary N) is 1. The van der Waals surface area contributed by atoms with Gasteiger partial charge in [0.05, 0.1) is 0 Å². The Morgan fingerprint density at radius 2 is 1.29 bits per heavy atom. The molecule has 0 aliphatic heterocycles. The second kappa shape index (κ2) is 7.30. The quantitative estimate of drug-likeness (QED) is 0.501. The van der Waals surface area contributed by atoms with Crippen LogP contribution in [-0.2, 0) is 0 Å². The molecule has 0 heterocycles. The maximum atomic E-state index is 11.6. The number of hydrogen-bond donors (Lipinski definition) is 1. The molecule has 0 rings (SSSR count). The first-order valence-corrected chi connectivity index (χ1v) is 9.40. The van der Waals surface area contributed by atoms with E-state index in [1.807, 2.05) is 5.32 Å². The standard InChI is InChI=1S/C5H7F6N.I2/c1-12-2-3(4(6,7)8)5(9,10)11;1-2/h3,12H,2H2,1H3;. The van der Waals surface area contributed by atoms with Crippen LogP contribution in [0.25, 0.3) is 0 Å². The summed E-state index contributed by atoms with van der Waals surface area (Å²) in [5.41, 5.74) is 0. The Balaban J connectivity index is 0. The molecule has 0 aromatic carbocycles. The molecular formula is C5H7F6I2N. The predicted molar refractivity (Wildman–Crippen MR) is 57.6 cm³/mol. The molecule has 0 aliphatic rings. The SMILES string of the molecule is CNCC(C(F)(F)F)C(F)(F)F.II. The molecule has 1 N–H and O–H groups in total. The number of rotatable bonds is 2. The highest BCUT2D eigenvalue weighted by molar-refractivity contribution is 15.0. The molecule has 0 aromatic heterocycles. The molecule has 0 saturated carbocycles. The lowest BCUT2D eigenvalue weighted by molar-refractivity contribution is -0.281. The summed E-state index contributed by atoms with van der Waals surface area (Å²) >= 11 is 4.24. The highest BCUT2D eigenvalue weighted by Gasteiger charge is 2.55. The van der Waals surface area contributed by atoms with Crippen LogP contribution in [0.5, 0.6) is 0 Å². The van der Waals surface area contributed by atoms with E-state index in [0.29, 0.717) is 0 Å². The highest BCUT2D eigenvalue weighted by Crippen LogP contribution is 2.38. The van der Waals surface area contributed by atoms with E-state index in [0.717, 1.165) is 7.05 Å². The van der Waals surface area contributed by atoms with Gasteiger partial charge in [-0.2, -0.15) is 26.3 Å². The topological polar surface area (TPSA) is 12.0 Å². The summed E-state index contributed by atoms with van der Waals surface area (Å²) in [5, 5.41) is 1.84. The van der Waals surface area contributed by atoms with Gasteiger partial charge in [-0.05, 0) is 7.05 Å². The third-order valence-electron chi connectivity index (χ3n) is 1.20. The molecular weight excluding hydrogens is 442 g/mol. The second-order valence-corrected chi connectivity index (χ2v) is 2.19. The fraction of sp³-hybridized carbons (Fsp3) is 1.00. The van der Waals surface area contributed by atoms with E-state index < -0.39 is 24.8 Å². The van der Waals surface area contributed by atoms with Gasteiger partial charge >= 0.3 is 12.4 Å². The van der Waals surface area contributed by atoms with Crippen molar-refractivity contribution in [3.63, 3.8) is 0 Å². The number of alkyl halides is 6. The Labute approximate surface area is 100 Å². The van der Waals surface area contributed by atoms with E-state index in [4.69, 9.17) is 0 Å². The lowest BCUT2D eigenvalue weighted by Crippen LogP contribution is -2.42. The van der Waals surface area contributed by atoms with Crippen LogP contribution in [0, 0.1) is 5.92 Å². The van der Waals surface area contributed by atoms with Crippen molar-refractivity contribution in [1.82, 2.24) is 5.32 Å². The average Bonchev–Trinajstić information content (AvgIpc) is 2.00. The number of halogens is 8. The maximum Gasteiger partial charge on any atom is 0.401 e. The van der Waals surface area contributed by atoms with Crippen molar-refractivity contribution < 1.29 is 26.3 Å². The minimum atomic E-state index is -5.23. The minimum Gasteiger partial charge on any atom is -0.319 e.